The van der Waals surface area contributed by atoms with E-state index in [1.165, 1.54) is 0 Å². The first-order valence-corrected chi connectivity index (χ1v) is 6.69. The van der Waals surface area contributed by atoms with E-state index in [-0.39, 0.29) is 17.9 Å². The molecule has 3 rings (SSSR count). The van der Waals surface area contributed by atoms with Crippen LogP contribution < -0.4 is 5.32 Å². The Hall–Kier alpha value is -1.74. The summed E-state index contributed by atoms with van der Waals surface area (Å²) < 4.78 is 13.7. The van der Waals surface area contributed by atoms with Gasteiger partial charge in [0.2, 0.25) is 0 Å². The van der Waals surface area contributed by atoms with Crippen LogP contribution in [0.1, 0.15) is 42.1 Å². The Labute approximate surface area is 112 Å². The molecule has 19 heavy (non-hydrogen) atoms. The van der Waals surface area contributed by atoms with Crippen LogP contribution in [0.25, 0.3) is 0 Å². The zero-order valence-corrected chi connectivity index (χ0v) is 10.9. The first kappa shape index (κ1) is 12.3. The van der Waals surface area contributed by atoms with E-state index >= 15 is 0 Å². The molecule has 0 aliphatic heterocycles. The normalized spacial score (nSPS) is 19.2. The molecule has 1 aromatic carbocycles. The third-order valence-corrected chi connectivity index (χ3v) is 3.85. The Morgan fingerprint density at radius 3 is 3.00 bits per heavy atom. The summed E-state index contributed by atoms with van der Waals surface area (Å²) >= 11 is 0. The van der Waals surface area contributed by atoms with Crippen LogP contribution >= 0.6 is 0 Å². The van der Waals surface area contributed by atoms with Crippen molar-refractivity contribution in [1.29, 1.82) is 0 Å². The summed E-state index contributed by atoms with van der Waals surface area (Å²) in [5.41, 5.74) is 3.14. The summed E-state index contributed by atoms with van der Waals surface area (Å²) in [7, 11) is 0. The Morgan fingerprint density at radius 1 is 1.32 bits per heavy atom. The highest BCUT2D eigenvalue weighted by Gasteiger charge is 2.25. The van der Waals surface area contributed by atoms with E-state index < -0.39 is 0 Å². The molecule has 0 saturated heterocycles. The largest absolute Gasteiger partial charge is 0.303 e. The van der Waals surface area contributed by atoms with Gasteiger partial charge in [-0.25, -0.2) is 4.39 Å². The summed E-state index contributed by atoms with van der Waals surface area (Å²) in [6.07, 6.45) is 5.43. The van der Waals surface area contributed by atoms with Crippen molar-refractivity contribution in [3.05, 3.63) is 65.2 Å². The quantitative estimate of drug-likeness (QED) is 0.908. The Bertz CT molecular complexity index is 568. The van der Waals surface area contributed by atoms with Gasteiger partial charge in [0.1, 0.15) is 5.82 Å². The van der Waals surface area contributed by atoms with Crippen molar-refractivity contribution in [2.75, 3.05) is 0 Å². The molecule has 1 unspecified atom stereocenters. The van der Waals surface area contributed by atoms with Crippen molar-refractivity contribution in [1.82, 2.24) is 10.3 Å². The average molecular weight is 256 g/mol. The maximum absolute atomic E-state index is 13.7. The third-order valence-electron chi connectivity index (χ3n) is 3.85. The van der Waals surface area contributed by atoms with Crippen LogP contribution in [-0.2, 0) is 6.42 Å². The second kappa shape index (κ2) is 5.10. The molecule has 0 radical (unpaired) electrons. The number of hydrogen-bond acceptors (Lipinski definition) is 2. The molecule has 3 heteroatoms. The molecule has 2 aromatic rings. The summed E-state index contributed by atoms with van der Waals surface area (Å²) in [6.45, 7) is 2.12. The first-order chi connectivity index (χ1) is 9.25. The van der Waals surface area contributed by atoms with Gasteiger partial charge in [-0.15, -0.1) is 0 Å². The van der Waals surface area contributed by atoms with Crippen LogP contribution in [0.3, 0.4) is 0 Å². The number of rotatable bonds is 3. The first-order valence-electron chi connectivity index (χ1n) is 6.69. The molecule has 98 valence electrons. The number of pyridine rings is 1. The molecular weight excluding hydrogens is 239 g/mol. The number of hydrogen-bond donors (Lipinski definition) is 1. The zero-order chi connectivity index (χ0) is 13.2. The van der Waals surface area contributed by atoms with Crippen LogP contribution in [0.4, 0.5) is 4.39 Å². The van der Waals surface area contributed by atoms with Crippen molar-refractivity contribution >= 4 is 0 Å². The number of aromatic nitrogens is 1. The molecule has 1 heterocycles. The minimum absolute atomic E-state index is 0.0733. The summed E-state index contributed by atoms with van der Waals surface area (Å²) in [6, 6.07) is 9.82. The van der Waals surface area contributed by atoms with E-state index in [0.29, 0.717) is 0 Å². The predicted molar refractivity (Wildman–Crippen MR) is 73.2 cm³/mol. The second-order valence-electron chi connectivity index (χ2n) is 5.07. The van der Waals surface area contributed by atoms with Gasteiger partial charge in [0.05, 0.1) is 0 Å². The standard InChI is InChI=1S/C16H17FN2/c1-11(12-4-3-9-18-10-12)19-16-8-7-13-14(16)5-2-6-15(13)17/h2-6,9-11,16,19H,7-8H2,1H3/t11-,16?/m1/s1. The lowest BCUT2D eigenvalue weighted by Gasteiger charge is -2.20. The minimum atomic E-state index is -0.0733. The fourth-order valence-electron chi connectivity index (χ4n) is 2.81. The van der Waals surface area contributed by atoms with Crippen LogP contribution in [0.15, 0.2) is 42.7 Å². The molecule has 0 amide bonds. The van der Waals surface area contributed by atoms with E-state index in [0.717, 1.165) is 29.5 Å². The average Bonchev–Trinajstić information content (AvgIpc) is 2.84. The maximum Gasteiger partial charge on any atom is 0.126 e. The molecule has 1 aliphatic rings. The van der Waals surface area contributed by atoms with Gasteiger partial charge in [-0.1, -0.05) is 18.2 Å². The number of nitrogens with zero attached hydrogens (tertiary/aromatic N) is 1. The molecular formula is C16H17FN2. The number of nitrogens with one attached hydrogen (secondary N) is 1. The lowest BCUT2D eigenvalue weighted by atomic mass is 10.1. The number of benzene rings is 1. The minimum Gasteiger partial charge on any atom is -0.303 e. The highest BCUT2D eigenvalue weighted by atomic mass is 19.1. The zero-order valence-electron chi connectivity index (χ0n) is 10.9. The Morgan fingerprint density at radius 2 is 2.21 bits per heavy atom. The van der Waals surface area contributed by atoms with Crippen molar-refractivity contribution in [3.8, 4) is 0 Å². The molecule has 0 saturated carbocycles. The van der Waals surface area contributed by atoms with Crippen LogP contribution in [-0.4, -0.2) is 4.98 Å². The fraction of sp³-hybridized carbons (Fsp3) is 0.312. The summed E-state index contributed by atoms with van der Waals surface area (Å²) in [5, 5.41) is 3.57. The molecule has 1 aromatic heterocycles. The molecule has 2 nitrogen and oxygen atoms in total. The number of halogens is 1. The Kier molecular flexibility index (Phi) is 3.30. The second-order valence-corrected chi connectivity index (χ2v) is 5.07. The van der Waals surface area contributed by atoms with Crippen molar-refractivity contribution in [2.24, 2.45) is 0 Å². The molecule has 0 bridgehead atoms. The van der Waals surface area contributed by atoms with E-state index in [9.17, 15) is 4.39 Å². The third kappa shape index (κ3) is 2.38. The highest BCUT2D eigenvalue weighted by molar-refractivity contribution is 5.36. The van der Waals surface area contributed by atoms with Crippen molar-refractivity contribution < 1.29 is 4.39 Å². The maximum atomic E-state index is 13.7. The van der Waals surface area contributed by atoms with Crippen LogP contribution in [0.5, 0.6) is 0 Å². The summed E-state index contributed by atoms with van der Waals surface area (Å²) in [5.74, 6) is -0.0733. The lowest BCUT2D eigenvalue weighted by Crippen LogP contribution is -2.23. The predicted octanol–water partition coefficient (Wildman–Crippen LogP) is 3.56. The summed E-state index contributed by atoms with van der Waals surface area (Å²) in [4.78, 5) is 4.14. The van der Waals surface area contributed by atoms with Crippen LogP contribution in [0.2, 0.25) is 0 Å². The molecule has 1 N–H and O–H groups in total. The monoisotopic (exact) mass is 256 g/mol. The van der Waals surface area contributed by atoms with Gasteiger partial charge in [0, 0.05) is 24.5 Å². The van der Waals surface area contributed by atoms with Gasteiger partial charge in [-0.05, 0) is 48.6 Å². The van der Waals surface area contributed by atoms with Gasteiger partial charge in [-0.3, -0.25) is 4.98 Å². The van der Waals surface area contributed by atoms with Gasteiger partial charge >= 0.3 is 0 Å². The van der Waals surface area contributed by atoms with Crippen LogP contribution in [0, 0.1) is 5.82 Å². The van der Waals surface area contributed by atoms with Gasteiger partial charge in [0.25, 0.3) is 0 Å². The van der Waals surface area contributed by atoms with Gasteiger partial charge in [0.15, 0.2) is 0 Å². The van der Waals surface area contributed by atoms with Gasteiger partial charge < -0.3 is 5.32 Å². The highest BCUT2D eigenvalue weighted by Crippen LogP contribution is 2.34. The van der Waals surface area contributed by atoms with E-state index in [1.54, 1.807) is 18.3 Å². The smallest absolute Gasteiger partial charge is 0.126 e. The molecule has 0 fully saturated rings. The van der Waals surface area contributed by atoms with E-state index in [2.05, 4.69) is 23.3 Å². The van der Waals surface area contributed by atoms with Crippen molar-refractivity contribution in [2.45, 2.75) is 31.8 Å². The Balaban J connectivity index is 1.78. The SMILES string of the molecule is C[C@@H](NC1CCc2c(F)cccc21)c1cccnc1. The van der Waals surface area contributed by atoms with Crippen molar-refractivity contribution in [3.63, 3.8) is 0 Å². The van der Waals surface area contributed by atoms with E-state index in [1.807, 2.05) is 18.3 Å². The fourth-order valence-corrected chi connectivity index (χ4v) is 2.81. The lowest BCUT2D eigenvalue weighted by molar-refractivity contribution is 0.464. The molecule has 0 spiro atoms. The topological polar surface area (TPSA) is 24.9 Å². The molecule has 2 atom stereocenters. The van der Waals surface area contributed by atoms with E-state index in [4.69, 9.17) is 0 Å². The molecule has 1 aliphatic carbocycles. The van der Waals surface area contributed by atoms with Gasteiger partial charge in [-0.2, -0.15) is 0 Å². The number of fused-ring (bicyclic) bond motifs is 1.